The van der Waals surface area contributed by atoms with E-state index in [1.54, 1.807) is 6.20 Å². The summed E-state index contributed by atoms with van der Waals surface area (Å²) >= 11 is 0. The molecule has 0 radical (unpaired) electrons. The van der Waals surface area contributed by atoms with E-state index in [1.165, 1.54) is 0 Å². The first kappa shape index (κ1) is 17.1. The quantitative estimate of drug-likeness (QED) is 0.784. The minimum Gasteiger partial charge on any atom is -0.455 e. The molecule has 0 aliphatic heterocycles. The number of nitrogens with one attached hydrogen (secondary N) is 1. The first-order valence-electron chi connectivity index (χ1n) is 7.27. The highest BCUT2D eigenvalue weighted by Gasteiger charge is 2.25. The zero-order chi connectivity index (χ0) is 15.9. The lowest BCUT2D eigenvalue weighted by Crippen LogP contribution is -2.26. The Labute approximate surface area is 126 Å². The lowest BCUT2D eigenvalue weighted by Gasteiger charge is -2.25. The number of carbonyl (C=O) groups excluding carboxylic acids is 2. The van der Waals surface area contributed by atoms with E-state index in [9.17, 15) is 9.59 Å². The molecule has 116 valence electrons. The van der Waals surface area contributed by atoms with Crippen molar-refractivity contribution in [2.45, 2.75) is 52.6 Å². The maximum absolute atomic E-state index is 11.9. The van der Waals surface area contributed by atoms with Gasteiger partial charge in [0.2, 0.25) is 5.91 Å². The molecule has 0 atom stereocenters. The second-order valence-electron chi connectivity index (χ2n) is 5.48. The van der Waals surface area contributed by atoms with Crippen LogP contribution in [0.4, 0.5) is 0 Å². The molecular weight excluding hydrogens is 268 g/mol. The third-order valence-electron chi connectivity index (χ3n) is 3.13. The number of ether oxygens (including phenoxy) is 1. The van der Waals surface area contributed by atoms with Gasteiger partial charge in [-0.2, -0.15) is 0 Å². The Hall–Kier alpha value is -1.91. The normalized spacial score (nSPS) is 11.0. The number of amides is 1. The maximum Gasteiger partial charge on any atom is 0.306 e. The highest BCUT2D eigenvalue weighted by Crippen LogP contribution is 2.24. The maximum atomic E-state index is 11.9. The van der Waals surface area contributed by atoms with Gasteiger partial charge in [-0.3, -0.25) is 14.6 Å². The van der Waals surface area contributed by atoms with Gasteiger partial charge in [-0.05, 0) is 40.2 Å². The molecule has 0 saturated heterocycles. The molecule has 1 N–H and O–H groups in total. The molecule has 1 rings (SSSR count). The summed E-state index contributed by atoms with van der Waals surface area (Å²) in [4.78, 5) is 27.4. The van der Waals surface area contributed by atoms with E-state index in [1.807, 2.05) is 39.8 Å². The average Bonchev–Trinajstić information content (AvgIpc) is 2.38. The number of aromatic nitrogens is 1. The van der Waals surface area contributed by atoms with Gasteiger partial charge in [0, 0.05) is 36.8 Å². The van der Waals surface area contributed by atoms with Crippen molar-refractivity contribution in [3.05, 3.63) is 29.6 Å². The minimum absolute atomic E-state index is 0.0349. The van der Waals surface area contributed by atoms with Crippen molar-refractivity contribution in [3.8, 4) is 0 Å². The summed E-state index contributed by atoms with van der Waals surface area (Å²) in [7, 11) is 0. The van der Waals surface area contributed by atoms with Gasteiger partial charge in [0.05, 0.1) is 0 Å². The van der Waals surface area contributed by atoms with Gasteiger partial charge in [-0.1, -0.05) is 6.07 Å². The smallest absolute Gasteiger partial charge is 0.306 e. The first-order chi connectivity index (χ1) is 9.85. The standard InChI is InChI=1S/C16H24N2O3/c1-5-17-14(19)7-6-8-15(20)21-16(3,4)13-10-9-12(2)18-11-13/h9-11H,5-8H2,1-4H3,(H,17,19). The Morgan fingerprint density at radius 2 is 2.00 bits per heavy atom. The van der Waals surface area contributed by atoms with E-state index in [0.29, 0.717) is 19.4 Å². The van der Waals surface area contributed by atoms with E-state index >= 15 is 0 Å². The molecular formula is C16H24N2O3. The topological polar surface area (TPSA) is 68.3 Å². The Morgan fingerprint density at radius 3 is 2.57 bits per heavy atom. The van der Waals surface area contributed by atoms with Crippen LogP contribution < -0.4 is 5.32 Å². The number of rotatable bonds is 7. The molecule has 5 heteroatoms. The Balaban J connectivity index is 2.45. The molecule has 0 saturated carbocycles. The molecule has 1 heterocycles. The number of hydrogen-bond donors (Lipinski definition) is 1. The van der Waals surface area contributed by atoms with E-state index in [0.717, 1.165) is 11.3 Å². The average molecular weight is 292 g/mol. The van der Waals surface area contributed by atoms with Crippen LogP contribution >= 0.6 is 0 Å². The van der Waals surface area contributed by atoms with Gasteiger partial charge in [-0.25, -0.2) is 0 Å². The molecule has 0 fully saturated rings. The number of carbonyl (C=O) groups is 2. The third-order valence-corrected chi connectivity index (χ3v) is 3.13. The summed E-state index contributed by atoms with van der Waals surface area (Å²) < 4.78 is 5.49. The second kappa shape index (κ2) is 7.76. The van der Waals surface area contributed by atoms with E-state index in [4.69, 9.17) is 4.74 Å². The largest absolute Gasteiger partial charge is 0.455 e. The lowest BCUT2D eigenvalue weighted by atomic mass is 10.00. The van der Waals surface area contributed by atoms with Crippen LogP contribution in [0.1, 0.15) is 51.3 Å². The molecule has 0 aliphatic rings. The number of esters is 1. The van der Waals surface area contributed by atoms with Gasteiger partial charge >= 0.3 is 5.97 Å². The predicted molar refractivity (Wildman–Crippen MR) is 80.6 cm³/mol. The van der Waals surface area contributed by atoms with Crippen LogP contribution in [-0.4, -0.2) is 23.4 Å². The summed E-state index contributed by atoms with van der Waals surface area (Å²) in [6, 6.07) is 3.80. The minimum atomic E-state index is -0.719. The highest BCUT2D eigenvalue weighted by atomic mass is 16.6. The van der Waals surface area contributed by atoms with Gasteiger partial charge in [0.15, 0.2) is 0 Å². The number of aryl methyl sites for hydroxylation is 1. The van der Waals surface area contributed by atoms with Crippen LogP contribution in [0, 0.1) is 6.92 Å². The van der Waals surface area contributed by atoms with Gasteiger partial charge in [0.25, 0.3) is 0 Å². The molecule has 0 bridgehead atoms. The second-order valence-corrected chi connectivity index (χ2v) is 5.48. The van der Waals surface area contributed by atoms with E-state index < -0.39 is 5.60 Å². The zero-order valence-electron chi connectivity index (χ0n) is 13.2. The fourth-order valence-corrected chi connectivity index (χ4v) is 1.90. The highest BCUT2D eigenvalue weighted by molar-refractivity contribution is 5.77. The van der Waals surface area contributed by atoms with Crippen molar-refractivity contribution in [2.24, 2.45) is 0 Å². The fraction of sp³-hybridized carbons (Fsp3) is 0.562. The summed E-state index contributed by atoms with van der Waals surface area (Å²) in [5.74, 6) is -0.336. The number of nitrogens with zero attached hydrogens (tertiary/aromatic N) is 1. The van der Waals surface area contributed by atoms with Crippen molar-refractivity contribution in [2.75, 3.05) is 6.54 Å². The van der Waals surface area contributed by atoms with Gasteiger partial charge < -0.3 is 10.1 Å². The van der Waals surface area contributed by atoms with E-state index in [-0.39, 0.29) is 18.3 Å². The summed E-state index contributed by atoms with van der Waals surface area (Å²) in [6.45, 7) is 8.05. The van der Waals surface area contributed by atoms with Crippen molar-refractivity contribution in [1.29, 1.82) is 0 Å². The Morgan fingerprint density at radius 1 is 1.29 bits per heavy atom. The van der Waals surface area contributed by atoms with Crippen LogP contribution in [0.15, 0.2) is 18.3 Å². The molecule has 21 heavy (non-hydrogen) atoms. The van der Waals surface area contributed by atoms with Gasteiger partial charge in [0.1, 0.15) is 5.60 Å². The van der Waals surface area contributed by atoms with Crippen molar-refractivity contribution in [1.82, 2.24) is 10.3 Å². The first-order valence-corrected chi connectivity index (χ1v) is 7.27. The van der Waals surface area contributed by atoms with Gasteiger partial charge in [-0.15, -0.1) is 0 Å². The molecule has 1 aromatic heterocycles. The van der Waals surface area contributed by atoms with Crippen molar-refractivity contribution in [3.63, 3.8) is 0 Å². The summed E-state index contributed by atoms with van der Waals surface area (Å²) in [5.41, 5.74) is 1.05. The molecule has 1 aromatic rings. The van der Waals surface area contributed by atoms with Crippen molar-refractivity contribution >= 4 is 11.9 Å². The Kier molecular flexibility index (Phi) is 6.34. The predicted octanol–water partition coefficient (Wildman–Crippen LogP) is 2.47. The van der Waals surface area contributed by atoms with E-state index in [2.05, 4.69) is 10.3 Å². The summed E-state index contributed by atoms with van der Waals surface area (Å²) in [5, 5.41) is 2.70. The molecule has 0 aromatic carbocycles. The Bertz CT molecular complexity index is 481. The molecule has 0 spiro atoms. The molecule has 1 amide bonds. The van der Waals surface area contributed by atoms with Crippen LogP contribution in [0.25, 0.3) is 0 Å². The van der Waals surface area contributed by atoms with Crippen molar-refractivity contribution < 1.29 is 14.3 Å². The van der Waals surface area contributed by atoms with Crippen LogP contribution in [0.2, 0.25) is 0 Å². The van der Waals surface area contributed by atoms with Crippen LogP contribution in [0.3, 0.4) is 0 Å². The number of hydrogen-bond acceptors (Lipinski definition) is 4. The third kappa shape index (κ3) is 5.94. The van der Waals surface area contributed by atoms with Crippen LogP contribution in [-0.2, 0) is 19.9 Å². The monoisotopic (exact) mass is 292 g/mol. The molecule has 5 nitrogen and oxygen atoms in total. The lowest BCUT2D eigenvalue weighted by molar-refractivity contribution is -0.157. The number of pyridine rings is 1. The zero-order valence-corrected chi connectivity index (χ0v) is 13.2. The SMILES string of the molecule is CCNC(=O)CCCC(=O)OC(C)(C)c1ccc(C)nc1. The fourth-order valence-electron chi connectivity index (χ4n) is 1.90. The molecule has 0 aliphatic carbocycles. The van der Waals surface area contributed by atoms with Crippen LogP contribution in [0.5, 0.6) is 0 Å². The molecule has 0 unspecified atom stereocenters. The summed E-state index contributed by atoms with van der Waals surface area (Å²) in [6.07, 6.45) is 2.79.